The Bertz CT molecular complexity index is 1460. The second-order valence-electron chi connectivity index (χ2n) is 8.80. The smallest absolute Gasteiger partial charge is 0.307 e. The lowest BCUT2D eigenvalue weighted by atomic mass is 9.93. The number of halogens is 3. The lowest BCUT2D eigenvalue weighted by Crippen LogP contribution is -2.23. The summed E-state index contributed by atoms with van der Waals surface area (Å²) >= 11 is 2.30. The Hall–Kier alpha value is -3.01. The van der Waals surface area contributed by atoms with E-state index in [1.165, 1.54) is 11.8 Å². The van der Waals surface area contributed by atoms with Crippen LogP contribution in [0.2, 0.25) is 0 Å². The van der Waals surface area contributed by atoms with Crippen LogP contribution in [-0.4, -0.2) is 36.5 Å². The molecule has 3 aromatic rings. The number of nitrogens with zero attached hydrogens (tertiary/aromatic N) is 2. The van der Waals surface area contributed by atoms with Crippen LogP contribution in [0.4, 0.5) is 28.8 Å². The highest BCUT2D eigenvalue weighted by molar-refractivity contribution is 8.01. The van der Waals surface area contributed by atoms with Crippen LogP contribution < -0.4 is 15.4 Å². The Labute approximate surface area is 231 Å². The van der Waals surface area contributed by atoms with Crippen LogP contribution in [0, 0.1) is 5.92 Å². The van der Waals surface area contributed by atoms with Gasteiger partial charge in [-0.15, -0.1) is 0 Å². The van der Waals surface area contributed by atoms with Gasteiger partial charge in [-0.1, -0.05) is 42.0 Å². The SMILES string of the molecule is CS(=O)(=O)NCc1nc(NC(=O)Nc2ccc(C(F)(F)F)cc2C(=O)C2CCCC2)sc1Sc1ccccn1. The van der Waals surface area contributed by atoms with Crippen LogP contribution in [0.3, 0.4) is 0 Å². The third-order valence-corrected chi connectivity index (χ3v) is 8.65. The maximum absolute atomic E-state index is 13.4. The third-order valence-electron chi connectivity index (χ3n) is 5.81. The van der Waals surface area contributed by atoms with Crippen molar-refractivity contribution in [1.29, 1.82) is 0 Å². The van der Waals surface area contributed by atoms with Crippen LogP contribution in [0.5, 0.6) is 0 Å². The molecule has 2 heterocycles. The fraction of sp³-hybridized carbons (Fsp3) is 0.333. The second kappa shape index (κ2) is 12.0. The van der Waals surface area contributed by atoms with Gasteiger partial charge in [-0.25, -0.2) is 27.9 Å². The molecule has 4 rings (SSSR count). The fourth-order valence-electron chi connectivity index (χ4n) is 3.98. The monoisotopic (exact) mass is 599 g/mol. The van der Waals surface area contributed by atoms with Gasteiger partial charge in [0.05, 0.1) is 34.0 Å². The average Bonchev–Trinajstić information content (AvgIpc) is 3.52. The normalized spacial score (nSPS) is 14.4. The van der Waals surface area contributed by atoms with Crippen molar-refractivity contribution in [3.05, 3.63) is 59.4 Å². The van der Waals surface area contributed by atoms with Gasteiger partial charge in [0.2, 0.25) is 10.0 Å². The van der Waals surface area contributed by atoms with Crippen LogP contribution >= 0.6 is 23.1 Å². The zero-order valence-corrected chi connectivity index (χ0v) is 23.0. The van der Waals surface area contributed by atoms with E-state index >= 15 is 0 Å². The highest BCUT2D eigenvalue weighted by Crippen LogP contribution is 2.37. The summed E-state index contributed by atoms with van der Waals surface area (Å²) in [4.78, 5) is 34.4. The Morgan fingerprint density at radius 3 is 2.51 bits per heavy atom. The summed E-state index contributed by atoms with van der Waals surface area (Å²) in [7, 11) is -3.52. The summed E-state index contributed by atoms with van der Waals surface area (Å²) in [5.74, 6) is -0.835. The Morgan fingerprint density at radius 2 is 1.87 bits per heavy atom. The molecule has 1 aliphatic rings. The number of nitrogens with one attached hydrogen (secondary N) is 3. The Morgan fingerprint density at radius 1 is 1.13 bits per heavy atom. The number of thiazole rings is 1. The van der Waals surface area contributed by atoms with E-state index < -0.39 is 39.5 Å². The lowest BCUT2D eigenvalue weighted by Gasteiger charge is -2.16. The number of carbonyl (C=O) groups is 2. The zero-order chi connectivity index (χ0) is 28.2. The van der Waals surface area contributed by atoms with Gasteiger partial charge in [0.1, 0.15) is 5.03 Å². The lowest BCUT2D eigenvalue weighted by molar-refractivity contribution is -0.137. The van der Waals surface area contributed by atoms with E-state index in [2.05, 4.69) is 25.3 Å². The third kappa shape index (κ3) is 8.00. The van der Waals surface area contributed by atoms with Crippen molar-refractivity contribution in [2.24, 2.45) is 5.92 Å². The van der Waals surface area contributed by atoms with Crippen molar-refractivity contribution < 1.29 is 31.2 Å². The van der Waals surface area contributed by atoms with Gasteiger partial charge < -0.3 is 5.32 Å². The van der Waals surface area contributed by atoms with Gasteiger partial charge in [-0.3, -0.25) is 10.1 Å². The average molecular weight is 600 g/mol. The molecule has 0 bridgehead atoms. The number of amides is 2. The molecule has 2 amide bonds. The van der Waals surface area contributed by atoms with E-state index in [4.69, 9.17) is 0 Å². The van der Waals surface area contributed by atoms with Crippen LogP contribution in [0.25, 0.3) is 0 Å². The summed E-state index contributed by atoms with van der Waals surface area (Å²) in [6.45, 7) is -0.132. The first-order valence-corrected chi connectivity index (χ1v) is 15.3. The molecule has 39 heavy (non-hydrogen) atoms. The largest absolute Gasteiger partial charge is 0.416 e. The van der Waals surface area contributed by atoms with Crippen molar-refractivity contribution in [2.45, 2.75) is 47.6 Å². The molecule has 3 N–H and O–H groups in total. The predicted octanol–water partition coefficient (Wildman–Crippen LogP) is 5.77. The van der Waals surface area contributed by atoms with E-state index in [-0.39, 0.29) is 22.9 Å². The van der Waals surface area contributed by atoms with Crippen molar-refractivity contribution in [3.63, 3.8) is 0 Å². The van der Waals surface area contributed by atoms with Crippen molar-refractivity contribution in [3.8, 4) is 0 Å². The maximum atomic E-state index is 13.4. The standard InChI is InChI=1S/C24H24F3N5O4S3/c1-39(35,36)29-13-18-21(37-19-8-4-5-11-28-19)38-23(31-18)32-22(34)30-17-10-9-15(24(25,26)27)12-16(17)20(33)14-6-2-3-7-14/h4-5,8-12,14,29H,2-3,6-7,13H2,1H3,(H2,30,31,32,34). The first kappa shape index (κ1) is 29.0. The number of alkyl halides is 3. The van der Waals surface area contributed by atoms with Gasteiger partial charge in [-0.2, -0.15) is 13.2 Å². The van der Waals surface area contributed by atoms with Crippen LogP contribution in [-0.2, 0) is 22.7 Å². The topological polar surface area (TPSA) is 130 Å². The van der Waals surface area contributed by atoms with Crippen LogP contribution in [0.1, 0.15) is 47.3 Å². The molecule has 1 aliphatic carbocycles. The number of hydrogen-bond donors (Lipinski definition) is 3. The van der Waals surface area contributed by atoms with E-state index in [1.807, 2.05) is 0 Å². The Balaban J connectivity index is 1.56. The molecule has 208 valence electrons. The number of rotatable bonds is 9. The number of carbonyl (C=O) groups excluding carboxylic acids is 2. The number of hydrogen-bond acceptors (Lipinski definition) is 8. The minimum atomic E-state index is -4.65. The molecular formula is C24H24F3N5O4S3. The van der Waals surface area contributed by atoms with Crippen molar-refractivity contribution in [1.82, 2.24) is 14.7 Å². The van der Waals surface area contributed by atoms with Gasteiger partial charge in [0.15, 0.2) is 10.9 Å². The number of sulfonamides is 1. The molecular weight excluding hydrogens is 575 g/mol. The molecule has 0 spiro atoms. The Kier molecular flexibility index (Phi) is 8.93. The van der Waals surface area contributed by atoms with E-state index in [0.29, 0.717) is 27.8 Å². The highest BCUT2D eigenvalue weighted by Gasteiger charge is 2.33. The minimum Gasteiger partial charge on any atom is -0.307 e. The summed E-state index contributed by atoms with van der Waals surface area (Å²) in [5.41, 5.74) is -0.872. The summed E-state index contributed by atoms with van der Waals surface area (Å²) in [5, 5.41) is 5.74. The summed E-state index contributed by atoms with van der Waals surface area (Å²) in [6, 6.07) is 7.11. The molecule has 9 nitrogen and oxygen atoms in total. The zero-order valence-electron chi connectivity index (χ0n) is 20.5. The molecule has 0 radical (unpaired) electrons. The molecule has 0 unspecified atom stereocenters. The fourth-order valence-corrected chi connectivity index (χ4v) is 6.43. The molecule has 2 aromatic heterocycles. The molecule has 1 aromatic carbocycles. The molecule has 15 heteroatoms. The van der Waals surface area contributed by atoms with Crippen molar-refractivity contribution >= 4 is 55.8 Å². The first-order chi connectivity index (χ1) is 18.4. The number of urea groups is 1. The first-order valence-electron chi connectivity index (χ1n) is 11.8. The highest BCUT2D eigenvalue weighted by atomic mass is 32.2. The van der Waals surface area contributed by atoms with E-state index in [9.17, 15) is 31.2 Å². The minimum absolute atomic E-state index is 0.0454. The molecule has 1 saturated carbocycles. The summed E-state index contributed by atoms with van der Waals surface area (Å²) in [6.07, 6.45) is 0.757. The molecule has 0 atom stereocenters. The number of anilines is 2. The second-order valence-corrected chi connectivity index (χ2v) is 12.9. The number of Topliss-reactive ketones (excluding diaryl/α,β-unsaturated/α-hetero) is 1. The number of benzene rings is 1. The predicted molar refractivity (Wildman–Crippen MR) is 143 cm³/mol. The van der Waals surface area contributed by atoms with Gasteiger partial charge in [0, 0.05) is 17.7 Å². The number of pyridine rings is 1. The van der Waals surface area contributed by atoms with Gasteiger partial charge in [-0.05, 0) is 43.2 Å². The molecule has 0 aliphatic heterocycles. The number of ketones is 1. The molecule has 0 saturated heterocycles. The number of aromatic nitrogens is 2. The molecule has 1 fully saturated rings. The van der Waals surface area contributed by atoms with Crippen LogP contribution in [0.15, 0.2) is 51.8 Å². The van der Waals surface area contributed by atoms with E-state index in [0.717, 1.165) is 48.6 Å². The van der Waals surface area contributed by atoms with Crippen molar-refractivity contribution in [2.75, 3.05) is 16.9 Å². The van der Waals surface area contributed by atoms with Gasteiger partial charge >= 0.3 is 12.2 Å². The quantitative estimate of drug-likeness (QED) is 0.266. The maximum Gasteiger partial charge on any atom is 0.416 e. The van der Waals surface area contributed by atoms with Gasteiger partial charge in [0.25, 0.3) is 0 Å². The van der Waals surface area contributed by atoms with E-state index in [1.54, 1.807) is 24.4 Å². The summed E-state index contributed by atoms with van der Waals surface area (Å²) < 4.78 is 66.2.